The van der Waals surface area contributed by atoms with E-state index >= 15 is 0 Å². The molecule has 1 saturated heterocycles. The van der Waals surface area contributed by atoms with Gasteiger partial charge in [-0.25, -0.2) is 8.42 Å². The molecule has 0 saturated carbocycles. The SMILES string of the molecule is O=C(Nc1ccnc2ccc(C(F)(F)F)cc12)c1cccc(S(=O)(=O)N2CCCC2)c1. The van der Waals surface area contributed by atoms with Gasteiger partial charge in [0.05, 0.1) is 21.7 Å². The monoisotopic (exact) mass is 449 g/mol. The fraction of sp³-hybridized carbons (Fsp3) is 0.238. The number of nitrogens with zero attached hydrogens (tertiary/aromatic N) is 2. The van der Waals surface area contributed by atoms with Gasteiger partial charge in [-0.1, -0.05) is 6.07 Å². The second-order valence-corrected chi connectivity index (χ2v) is 9.12. The molecule has 2 heterocycles. The van der Waals surface area contributed by atoms with Crippen molar-refractivity contribution in [2.75, 3.05) is 18.4 Å². The van der Waals surface area contributed by atoms with E-state index < -0.39 is 27.7 Å². The van der Waals surface area contributed by atoms with E-state index in [4.69, 9.17) is 0 Å². The Morgan fingerprint density at radius 1 is 1.03 bits per heavy atom. The van der Waals surface area contributed by atoms with Crippen molar-refractivity contribution in [2.24, 2.45) is 0 Å². The van der Waals surface area contributed by atoms with Gasteiger partial charge in [0.25, 0.3) is 5.91 Å². The summed E-state index contributed by atoms with van der Waals surface area (Å²) in [5, 5.41) is 2.70. The molecule has 1 amide bonds. The van der Waals surface area contributed by atoms with Gasteiger partial charge in [-0.3, -0.25) is 9.78 Å². The summed E-state index contributed by atoms with van der Waals surface area (Å²) in [7, 11) is -3.71. The minimum atomic E-state index is -4.54. The first-order chi connectivity index (χ1) is 14.7. The smallest absolute Gasteiger partial charge is 0.321 e. The number of carbonyl (C=O) groups excluding carboxylic acids is 1. The highest BCUT2D eigenvalue weighted by molar-refractivity contribution is 7.89. The Bertz CT molecular complexity index is 1250. The molecule has 1 aromatic heterocycles. The van der Waals surface area contributed by atoms with Crippen molar-refractivity contribution in [3.8, 4) is 0 Å². The third-order valence-electron chi connectivity index (χ3n) is 5.12. The Kier molecular flexibility index (Phi) is 5.44. The lowest BCUT2D eigenvalue weighted by Gasteiger charge is -2.16. The molecule has 6 nitrogen and oxygen atoms in total. The van der Waals surface area contributed by atoms with Crippen molar-refractivity contribution in [3.05, 3.63) is 65.9 Å². The molecular weight excluding hydrogens is 431 g/mol. The topological polar surface area (TPSA) is 79.4 Å². The number of benzene rings is 2. The molecule has 0 bridgehead atoms. The van der Waals surface area contributed by atoms with Crippen molar-refractivity contribution >= 4 is 32.5 Å². The zero-order valence-electron chi connectivity index (χ0n) is 16.2. The van der Waals surface area contributed by atoms with Gasteiger partial charge in [0, 0.05) is 30.2 Å². The maximum absolute atomic E-state index is 13.1. The van der Waals surface area contributed by atoms with Gasteiger partial charge in [-0.2, -0.15) is 17.5 Å². The van der Waals surface area contributed by atoms with Crippen LogP contribution in [0.1, 0.15) is 28.8 Å². The molecule has 0 atom stereocenters. The van der Waals surface area contributed by atoms with Crippen LogP contribution < -0.4 is 5.32 Å². The number of alkyl halides is 3. The lowest BCUT2D eigenvalue weighted by atomic mass is 10.1. The van der Waals surface area contributed by atoms with E-state index in [0.29, 0.717) is 13.1 Å². The second-order valence-electron chi connectivity index (χ2n) is 7.18. The van der Waals surface area contributed by atoms with Gasteiger partial charge < -0.3 is 5.32 Å². The third-order valence-corrected chi connectivity index (χ3v) is 7.01. The summed E-state index contributed by atoms with van der Waals surface area (Å²) in [4.78, 5) is 16.8. The van der Waals surface area contributed by atoms with Crippen molar-refractivity contribution in [1.29, 1.82) is 0 Å². The number of rotatable bonds is 4. The van der Waals surface area contributed by atoms with Crippen molar-refractivity contribution < 1.29 is 26.4 Å². The fourth-order valence-electron chi connectivity index (χ4n) is 3.50. The summed E-state index contributed by atoms with van der Waals surface area (Å²) in [6.07, 6.45) is -1.59. The molecule has 31 heavy (non-hydrogen) atoms. The van der Waals surface area contributed by atoms with Crippen LogP contribution in [0.15, 0.2) is 59.6 Å². The number of hydrogen-bond acceptors (Lipinski definition) is 4. The molecule has 162 valence electrons. The molecule has 3 aromatic rings. The number of amides is 1. The summed E-state index contributed by atoms with van der Waals surface area (Å²) in [5.41, 5.74) is -0.343. The largest absolute Gasteiger partial charge is 0.416 e. The van der Waals surface area contributed by atoms with Crippen LogP contribution in [0.4, 0.5) is 18.9 Å². The zero-order valence-corrected chi connectivity index (χ0v) is 17.0. The average Bonchev–Trinajstić information content (AvgIpc) is 3.29. The van der Waals surface area contributed by atoms with Gasteiger partial charge in [0.15, 0.2) is 0 Å². The molecule has 0 spiro atoms. The quantitative estimate of drug-likeness (QED) is 0.645. The number of pyridine rings is 1. The standard InChI is InChI=1S/C21H18F3N3O3S/c22-21(23,24)15-6-7-18-17(13-15)19(8-9-25-18)26-20(28)14-4-3-5-16(12-14)31(29,30)27-10-1-2-11-27/h3-9,12-13H,1-2,10-11H2,(H,25,26,28). The summed E-state index contributed by atoms with van der Waals surface area (Å²) in [5.74, 6) is -0.636. The molecule has 0 aliphatic carbocycles. The maximum atomic E-state index is 13.1. The van der Waals surface area contributed by atoms with Crippen LogP contribution in [0, 0.1) is 0 Å². The highest BCUT2D eigenvalue weighted by atomic mass is 32.2. The van der Waals surface area contributed by atoms with Crippen LogP contribution >= 0.6 is 0 Å². The van der Waals surface area contributed by atoms with Gasteiger partial charge >= 0.3 is 6.18 Å². The Balaban J connectivity index is 1.65. The summed E-state index contributed by atoms with van der Waals surface area (Å²) < 4.78 is 66.2. The van der Waals surface area contributed by atoms with Gasteiger partial charge in [0.2, 0.25) is 10.0 Å². The molecule has 1 fully saturated rings. The van der Waals surface area contributed by atoms with Crippen LogP contribution in [0.25, 0.3) is 10.9 Å². The van der Waals surface area contributed by atoms with E-state index in [1.807, 2.05) is 0 Å². The third kappa shape index (κ3) is 4.26. The van der Waals surface area contributed by atoms with E-state index in [0.717, 1.165) is 25.0 Å². The lowest BCUT2D eigenvalue weighted by molar-refractivity contribution is -0.137. The van der Waals surface area contributed by atoms with Gasteiger partial charge in [-0.15, -0.1) is 0 Å². The molecule has 0 radical (unpaired) electrons. The number of carbonyl (C=O) groups is 1. The Labute approximate surface area is 176 Å². The number of fused-ring (bicyclic) bond motifs is 1. The zero-order chi connectivity index (χ0) is 22.2. The minimum Gasteiger partial charge on any atom is -0.321 e. The second kappa shape index (κ2) is 7.93. The van der Waals surface area contributed by atoms with E-state index in [-0.39, 0.29) is 27.0 Å². The normalized spacial score (nSPS) is 15.3. The average molecular weight is 449 g/mol. The van der Waals surface area contributed by atoms with Crippen molar-refractivity contribution in [3.63, 3.8) is 0 Å². The van der Waals surface area contributed by atoms with Crippen LogP contribution in [-0.2, 0) is 16.2 Å². The predicted molar refractivity (Wildman–Crippen MR) is 109 cm³/mol. The van der Waals surface area contributed by atoms with Crippen LogP contribution in [0.5, 0.6) is 0 Å². The predicted octanol–water partition coefficient (Wildman–Crippen LogP) is 4.29. The maximum Gasteiger partial charge on any atom is 0.416 e. The highest BCUT2D eigenvalue weighted by Crippen LogP contribution is 2.33. The first-order valence-electron chi connectivity index (χ1n) is 9.54. The first-order valence-corrected chi connectivity index (χ1v) is 11.0. The van der Waals surface area contributed by atoms with E-state index in [2.05, 4.69) is 10.3 Å². The van der Waals surface area contributed by atoms with Crippen LogP contribution in [0.2, 0.25) is 0 Å². The number of sulfonamides is 1. The van der Waals surface area contributed by atoms with E-state index in [1.54, 1.807) is 0 Å². The molecule has 2 aromatic carbocycles. The molecule has 1 aliphatic heterocycles. The minimum absolute atomic E-state index is 0.000920. The number of anilines is 1. The Hall–Kier alpha value is -2.98. The number of hydrogen-bond donors (Lipinski definition) is 1. The molecule has 1 N–H and O–H groups in total. The van der Waals surface area contributed by atoms with Crippen molar-refractivity contribution in [1.82, 2.24) is 9.29 Å². The van der Waals surface area contributed by atoms with Crippen LogP contribution in [0.3, 0.4) is 0 Å². The van der Waals surface area contributed by atoms with Gasteiger partial charge in [-0.05, 0) is 55.3 Å². The summed E-state index contributed by atoms with van der Waals surface area (Å²) in [6, 6.07) is 10.1. The van der Waals surface area contributed by atoms with Crippen molar-refractivity contribution in [2.45, 2.75) is 23.9 Å². The van der Waals surface area contributed by atoms with E-state index in [1.165, 1.54) is 46.9 Å². The van der Waals surface area contributed by atoms with Gasteiger partial charge in [0.1, 0.15) is 0 Å². The molecule has 0 unspecified atom stereocenters. The van der Waals surface area contributed by atoms with E-state index in [9.17, 15) is 26.4 Å². The molecular formula is C21H18F3N3O3S. The Morgan fingerprint density at radius 2 is 1.77 bits per heavy atom. The fourth-order valence-corrected chi connectivity index (χ4v) is 5.06. The summed E-state index contributed by atoms with van der Waals surface area (Å²) >= 11 is 0. The molecule has 1 aliphatic rings. The number of nitrogens with one attached hydrogen (secondary N) is 1. The Morgan fingerprint density at radius 3 is 2.48 bits per heavy atom. The number of halogens is 3. The van der Waals surface area contributed by atoms with Crippen LogP contribution in [-0.4, -0.2) is 36.7 Å². The number of aromatic nitrogens is 1. The first kappa shape index (κ1) is 21.3. The lowest BCUT2D eigenvalue weighted by Crippen LogP contribution is -2.28. The molecule has 4 rings (SSSR count). The highest BCUT2D eigenvalue weighted by Gasteiger charge is 2.31. The molecule has 10 heteroatoms. The summed E-state index contributed by atoms with van der Waals surface area (Å²) in [6.45, 7) is 0.868.